The van der Waals surface area contributed by atoms with Crippen LogP contribution in [0.1, 0.15) is 39.5 Å². The van der Waals surface area contributed by atoms with Gasteiger partial charge in [0.25, 0.3) is 5.91 Å². The highest BCUT2D eigenvalue weighted by Crippen LogP contribution is 2.35. The van der Waals surface area contributed by atoms with E-state index in [1.807, 2.05) is 12.1 Å². The minimum absolute atomic E-state index is 0.0815. The molecule has 3 rings (SSSR count). The molecule has 2 nitrogen and oxygen atoms in total. The van der Waals surface area contributed by atoms with Gasteiger partial charge in [-0.15, -0.1) is 0 Å². The van der Waals surface area contributed by atoms with Gasteiger partial charge in [0.05, 0.1) is 6.04 Å². The van der Waals surface area contributed by atoms with Crippen LogP contribution >= 0.6 is 0 Å². The normalized spacial score (nSPS) is 16.6. The van der Waals surface area contributed by atoms with Crippen molar-refractivity contribution in [2.24, 2.45) is 0 Å². The zero-order valence-electron chi connectivity index (χ0n) is 12.3. The number of hydrogen-bond donors (Lipinski definition) is 0. The van der Waals surface area contributed by atoms with Crippen LogP contribution in [-0.4, -0.2) is 17.9 Å². The molecule has 0 fully saturated rings. The van der Waals surface area contributed by atoms with E-state index in [-0.39, 0.29) is 17.8 Å². The van der Waals surface area contributed by atoms with Gasteiger partial charge in [0, 0.05) is 12.6 Å². The van der Waals surface area contributed by atoms with Gasteiger partial charge >= 0.3 is 0 Å². The summed E-state index contributed by atoms with van der Waals surface area (Å²) < 4.78 is 13.6. The maximum absolute atomic E-state index is 13.6. The summed E-state index contributed by atoms with van der Waals surface area (Å²) in [5, 5.41) is 0. The van der Waals surface area contributed by atoms with Gasteiger partial charge in [0.1, 0.15) is 5.82 Å². The minimum atomic E-state index is -0.332. The lowest BCUT2D eigenvalue weighted by molar-refractivity contribution is 0.0730. The lowest BCUT2D eigenvalue weighted by Gasteiger charge is -2.25. The fraction of sp³-hybridized carbons (Fsp3) is 0.278. The van der Waals surface area contributed by atoms with Crippen molar-refractivity contribution in [3.63, 3.8) is 0 Å². The molecule has 0 heterocycles. The molecule has 108 valence electrons. The Kier molecular flexibility index (Phi) is 3.50. The first kappa shape index (κ1) is 13.8. The highest BCUT2D eigenvalue weighted by Gasteiger charge is 2.28. The molecule has 0 unspecified atom stereocenters. The van der Waals surface area contributed by atoms with Crippen LogP contribution in [0, 0.1) is 12.7 Å². The van der Waals surface area contributed by atoms with Crippen molar-refractivity contribution >= 4 is 5.91 Å². The molecule has 21 heavy (non-hydrogen) atoms. The Hall–Kier alpha value is -2.16. The third-order valence-corrected chi connectivity index (χ3v) is 4.31. The number of carbonyl (C=O) groups excluding carboxylic acids is 1. The van der Waals surface area contributed by atoms with E-state index in [1.165, 1.54) is 17.2 Å². The number of halogens is 1. The molecule has 0 aromatic heterocycles. The molecule has 0 saturated heterocycles. The molecule has 3 heteroatoms. The van der Waals surface area contributed by atoms with E-state index in [2.05, 4.69) is 12.1 Å². The van der Waals surface area contributed by atoms with Crippen molar-refractivity contribution in [3.8, 4) is 0 Å². The van der Waals surface area contributed by atoms with Crippen LogP contribution in [0.3, 0.4) is 0 Å². The van der Waals surface area contributed by atoms with Gasteiger partial charge in [-0.25, -0.2) is 4.39 Å². The van der Waals surface area contributed by atoms with E-state index >= 15 is 0 Å². The van der Waals surface area contributed by atoms with Crippen LogP contribution in [0.25, 0.3) is 0 Å². The van der Waals surface area contributed by atoms with Crippen LogP contribution in [0.2, 0.25) is 0 Å². The summed E-state index contributed by atoms with van der Waals surface area (Å²) >= 11 is 0. The van der Waals surface area contributed by atoms with Crippen LogP contribution < -0.4 is 0 Å². The molecule has 0 saturated carbocycles. The lowest BCUT2D eigenvalue weighted by Crippen LogP contribution is -2.30. The third kappa shape index (κ3) is 2.44. The predicted molar refractivity (Wildman–Crippen MR) is 80.7 cm³/mol. The second-order valence-corrected chi connectivity index (χ2v) is 5.63. The number of aryl methyl sites for hydroxylation is 2. The van der Waals surface area contributed by atoms with E-state index in [4.69, 9.17) is 0 Å². The van der Waals surface area contributed by atoms with Gasteiger partial charge in [-0.1, -0.05) is 30.3 Å². The molecule has 0 bridgehead atoms. The first-order chi connectivity index (χ1) is 10.1. The summed E-state index contributed by atoms with van der Waals surface area (Å²) in [6, 6.07) is 13.0. The first-order valence-electron chi connectivity index (χ1n) is 7.19. The van der Waals surface area contributed by atoms with E-state index < -0.39 is 0 Å². The van der Waals surface area contributed by atoms with E-state index in [0.717, 1.165) is 12.8 Å². The summed E-state index contributed by atoms with van der Waals surface area (Å²) in [7, 11) is 1.80. The summed E-state index contributed by atoms with van der Waals surface area (Å²) in [6.45, 7) is 1.69. The molecule has 0 N–H and O–H groups in total. The topological polar surface area (TPSA) is 20.3 Å². The quantitative estimate of drug-likeness (QED) is 0.818. The maximum atomic E-state index is 13.6. The summed E-state index contributed by atoms with van der Waals surface area (Å²) in [5.41, 5.74) is 3.48. The first-order valence-corrected chi connectivity index (χ1v) is 7.19. The maximum Gasteiger partial charge on any atom is 0.254 e. The molecule has 2 aromatic carbocycles. The van der Waals surface area contributed by atoms with Crippen LogP contribution in [0.5, 0.6) is 0 Å². The number of hydrogen-bond acceptors (Lipinski definition) is 1. The van der Waals surface area contributed by atoms with Crippen molar-refractivity contribution in [1.29, 1.82) is 0 Å². The van der Waals surface area contributed by atoms with Crippen molar-refractivity contribution in [1.82, 2.24) is 4.90 Å². The van der Waals surface area contributed by atoms with Gasteiger partial charge in [-0.05, 0) is 48.6 Å². The molecule has 0 radical (unpaired) electrons. The Bertz CT molecular complexity index is 695. The van der Waals surface area contributed by atoms with Crippen molar-refractivity contribution in [2.75, 3.05) is 7.05 Å². The Morgan fingerprint density at radius 3 is 2.76 bits per heavy atom. The zero-order valence-corrected chi connectivity index (χ0v) is 12.3. The second-order valence-electron chi connectivity index (χ2n) is 5.63. The van der Waals surface area contributed by atoms with Gasteiger partial charge in [0.15, 0.2) is 0 Å². The molecule has 0 aliphatic heterocycles. The molecule has 2 aromatic rings. The number of fused-ring (bicyclic) bond motifs is 1. The van der Waals surface area contributed by atoms with Crippen LogP contribution in [0.4, 0.5) is 4.39 Å². The van der Waals surface area contributed by atoms with Crippen molar-refractivity contribution < 1.29 is 9.18 Å². The zero-order chi connectivity index (χ0) is 15.0. The number of nitrogens with zero attached hydrogens (tertiary/aromatic N) is 1. The summed E-state index contributed by atoms with van der Waals surface area (Å²) in [6.07, 6.45) is 1.91. The fourth-order valence-electron chi connectivity index (χ4n) is 3.01. The Balaban J connectivity index is 1.87. The van der Waals surface area contributed by atoms with E-state index in [9.17, 15) is 9.18 Å². The van der Waals surface area contributed by atoms with Crippen molar-refractivity contribution in [3.05, 3.63) is 70.5 Å². The smallest absolute Gasteiger partial charge is 0.254 e. The van der Waals surface area contributed by atoms with Crippen molar-refractivity contribution in [2.45, 2.75) is 25.8 Å². The van der Waals surface area contributed by atoms with E-state index in [1.54, 1.807) is 31.0 Å². The average molecular weight is 283 g/mol. The average Bonchev–Trinajstić information content (AvgIpc) is 2.92. The Morgan fingerprint density at radius 1 is 1.24 bits per heavy atom. The fourth-order valence-corrected chi connectivity index (χ4v) is 3.01. The number of benzene rings is 2. The SMILES string of the molecule is Cc1ccc(C(=O)N(C)[C@H]2CCc3ccccc32)cc1F. The molecule has 1 aliphatic carbocycles. The molecule has 0 spiro atoms. The third-order valence-electron chi connectivity index (χ3n) is 4.31. The molecule has 1 amide bonds. The highest BCUT2D eigenvalue weighted by molar-refractivity contribution is 5.94. The molecular formula is C18H18FNO. The lowest BCUT2D eigenvalue weighted by atomic mass is 10.1. The molecule has 1 atom stereocenters. The van der Waals surface area contributed by atoms with Gasteiger partial charge < -0.3 is 4.90 Å². The van der Waals surface area contributed by atoms with Gasteiger partial charge in [0.2, 0.25) is 0 Å². The standard InChI is InChI=1S/C18H18FNO/c1-12-7-8-14(11-16(12)19)18(21)20(2)17-10-9-13-5-3-4-6-15(13)17/h3-8,11,17H,9-10H2,1-2H3/t17-/m0/s1. The summed E-state index contributed by atoms with van der Waals surface area (Å²) in [4.78, 5) is 14.3. The van der Waals surface area contributed by atoms with E-state index in [0.29, 0.717) is 11.1 Å². The number of rotatable bonds is 2. The molecular weight excluding hydrogens is 265 g/mol. The highest BCUT2D eigenvalue weighted by atomic mass is 19.1. The van der Waals surface area contributed by atoms with Crippen LogP contribution in [0.15, 0.2) is 42.5 Å². The summed E-state index contributed by atoms with van der Waals surface area (Å²) in [5.74, 6) is -0.461. The van der Waals surface area contributed by atoms with Gasteiger partial charge in [-0.2, -0.15) is 0 Å². The Morgan fingerprint density at radius 2 is 2.00 bits per heavy atom. The largest absolute Gasteiger partial charge is 0.335 e. The van der Waals surface area contributed by atoms with Gasteiger partial charge in [-0.3, -0.25) is 4.79 Å². The second kappa shape index (κ2) is 5.32. The minimum Gasteiger partial charge on any atom is -0.335 e. The van der Waals surface area contributed by atoms with Crippen LogP contribution in [-0.2, 0) is 6.42 Å². The number of amides is 1. The number of carbonyl (C=O) groups is 1. The Labute approximate surface area is 124 Å². The molecule has 1 aliphatic rings. The monoisotopic (exact) mass is 283 g/mol. The predicted octanol–water partition coefficient (Wildman–Crippen LogP) is 3.89.